The van der Waals surface area contributed by atoms with Gasteiger partial charge in [-0.3, -0.25) is 0 Å². The lowest BCUT2D eigenvalue weighted by molar-refractivity contribution is 0.0600. The SMILES string of the molecule is COCC[C@H](C)NC(=O)Nc1cc(C(=O)OC)ccc1N1CCCC1. The van der Waals surface area contributed by atoms with Crippen molar-refractivity contribution in [2.75, 3.05) is 44.1 Å². The van der Waals surface area contributed by atoms with Crippen LogP contribution in [0.3, 0.4) is 0 Å². The third-order valence-corrected chi connectivity index (χ3v) is 4.25. The molecule has 0 aromatic heterocycles. The number of esters is 1. The summed E-state index contributed by atoms with van der Waals surface area (Å²) in [6.07, 6.45) is 2.97. The van der Waals surface area contributed by atoms with Crippen molar-refractivity contribution in [2.24, 2.45) is 0 Å². The number of nitrogens with zero attached hydrogens (tertiary/aromatic N) is 1. The summed E-state index contributed by atoms with van der Waals surface area (Å²) in [7, 11) is 2.97. The third-order valence-electron chi connectivity index (χ3n) is 4.25. The maximum atomic E-state index is 12.3. The molecule has 0 unspecified atom stereocenters. The first-order valence-electron chi connectivity index (χ1n) is 8.59. The van der Waals surface area contributed by atoms with E-state index in [1.54, 1.807) is 19.2 Å². The average molecular weight is 349 g/mol. The van der Waals surface area contributed by atoms with Gasteiger partial charge >= 0.3 is 12.0 Å². The second-order valence-electron chi connectivity index (χ2n) is 6.20. The van der Waals surface area contributed by atoms with Gasteiger partial charge in [-0.05, 0) is 44.4 Å². The van der Waals surface area contributed by atoms with Crippen LogP contribution in [0.2, 0.25) is 0 Å². The van der Waals surface area contributed by atoms with Crippen molar-refractivity contribution in [1.29, 1.82) is 0 Å². The average Bonchev–Trinajstić information content (AvgIpc) is 3.13. The molecule has 1 aliphatic heterocycles. The Hall–Kier alpha value is -2.28. The van der Waals surface area contributed by atoms with Gasteiger partial charge in [0.1, 0.15) is 0 Å². The molecule has 0 aliphatic carbocycles. The number of anilines is 2. The van der Waals surface area contributed by atoms with Gasteiger partial charge in [0.2, 0.25) is 0 Å². The van der Waals surface area contributed by atoms with Crippen LogP contribution >= 0.6 is 0 Å². The highest BCUT2D eigenvalue weighted by Gasteiger charge is 2.19. The topological polar surface area (TPSA) is 79.9 Å². The first kappa shape index (κ1) is 19.1. The quantitative estimate of drug-likeness (QED) is 0.740. The van der Waals surface area contributed by atoms with E-state index in [1.165, 1.54) is 7.11 Å². The number of ether oxygens (including phenoxy) is 2. The molecule has 2 amide bonds. The van der Waals surface area contributed by atoms with Crippen molar-refractivity contribution in [1.82, 2.24) is 5.32 Å². The minimum Gasteiger partial charge on any atom is -0.465 e. The van der Waals surface area contributed by atoms with Crippen molar-refractivity contribution < 1.29 is 19.1 Å². The zero-order valence-electron chi connectivity index (χ0n) is 15.1. The van der Waals surface area contributed by atoms with Gasteiger partial charge < -0.3 is 25.0 Å². The van der Waals surface area contributed by atoms with Crippen molar-refractivity contribution in [3.63, 3.8) is 0 Å². The highest BCUT2D eigenvalue weighted by molar-refractivity contribution is 5.97. The van der Waals surface area contributed by atoms with Gasteiger partial charge in [0.15, 0.2) is 0 Å². The minimum atomic E-state index is -0.426. The Morgan fingerprint density at radius 3 is 2.60 bits per heavy atom. The van der Waals surface area contributed by atoms with E-state index in [-0.39, 0.29) is 12.1 Å². The molecule has 1 heterocycles. The van der Waals surface area contributed by atoms with Crippen LogP contribution < -0.4 is 15.5 Å². The molecule has 0 saturated carbocycles. The zero-order chi connectivity index (χ0) is 18.2. The third kappa shape index (κ3) is 5.35. The van der Waals surface area contributed by atoms with Gasteiger partial charge in [0, 0.05) is 32.8 Å². The summed E-state index contributed by atoms with van der Waals surface area (Å²) >= 11 is 0. The van der Waals surface area contributed by atoms with Crippen LogP contribution in [-0.2, 0) is 9.47 Å². The summed E-state index contributed by atoms with van der Waals surface area (Å²) in [6, 6.07) is 4.94. The van der Waals surface area contributed by atoms with Gasteiger partial charge in [0.05, 0.1) is 24.0 Å². The number of nitrogens with one attached hydrogen (secondary N) is 2. The van der Waals surface area contributed by atoms with E-state index in [0.717, 1.165) is 38.0 Å². The first-order chi connectivity index (χ1) is 12.0. The number of amides is 2. The fourth-order valence-electron chi connectivity index (χ4n) is 2.86. The van der Waals surface area contributed by atoms with Crippen molar-refractivity contribution in [3.8, 4) is 0 Å². The van der Waals surface area contributed by atoms with E-state index in [9.17, 15) is 9.59 Å². The number of carbonyl (C=O) groups excluding carboxylic acids is 2. The van der Waals surface area contributed by atoms with Crippen LogP contribution in [0.25, 0.3) is 0 Å². The molecule has 1 aromatic carbocycles. The molecule has 0 radical (unpaired) electrons. The summed E-state index contributed by atoms with van der Waals surface area (Å²) in [5.41, 5.74) is 1.94. The van der Waals surface area contributed by atoms with Crippen LogP contribution in [0, 0.1) is 0 Å². The van der Waals surface area contributed by atoms with Crippen LogP contribution in [0.1, 0.15) is 36.5 Å². The summed E-state index contributed by atoms with van der Waals surface area (Å²) in [6.45, 7) is 4.39. The second kappa shape index (κ2) is 9.27. The molecule has 138 valence electrons. The van der Waals surface area contributed by atoms with E-state index in [0.29, 0.717) is 17.9 Å². The molecule has 7 nitrogen and oxygen atoms in total. The number of methoxy groups -OCH3 is 2. The van der Waals surface area contributed by atoms with E-state index in [4.69, 9.17) is 9.47 Å². The van der Waals surface area contributed by atoms with Crippen LogP contribution in [0.15, 0.2) is 18.2 Å². The molecule has 0 spiro atoms. The fraction of sp³-hybridized carbons (Fsp3) is 0.556. The summed E-state index contributed by atoms with van der Waals surface area (Å²) < 4.78 is 9.80. The predicted octanol–water partition coefficient (Wildman–Crippen LogP) is 2.62. The summed E-state index contributed by atoms with van der Waals surface area (Å²) in [5, 5.41) is 5.75. The molecule has 1 atom stereocenters. The molecular formula is C18H27N3O4. The van der Waals surface area contributed by atoms with E-state index in [1.807, 2.05) is 13.0 Å². The molecule has 2 rings (SSSR count). The van der Waals surface area contributed by atoms with E-state index < -0.39 is 5.97 Å². The lowest BCUT2D eigenvalue weighted by Crippen LogP contribution is -2.37. The molecule has 0 bridgehead atoms. The zero-order valence-corrected chi connectivity index (χ0v) is 15.1. The Morgan fingerprint density at radius 1 is 1.24 bits per heavy atom. The van der Waals surface area contributed by atoms with E-state index in [2.05, 4.69) is 15.5 Å². The van der Waals surface area contributed by atoms with Crippen molar-refractivity contribution >= 4 is 23.4 Å². The van der Waals surface area contributed by atoms with Crippen LogP contribution in [0.5, 0.6) is 0 Å². The number of carbonyl (C=O) groups is 2. The lowest BCUT2D eigenvalue weighted by atomic mass is 10.1. The van der Waals surface area contributed by atoms with Gasteiger partial charge in [-0.25, -0.2) is 9.59 Å². The molecule has 1 saturated heterocycles. The number of rotatable bonds is 7. The highest BCUT2D eigenvalue weighted by Crippen LogP contribution is 2.30. The molecule has 2 N–H and O–H groups in total. The second-order valence-corrected chi connectivity index (χ2v) is 6.20. The maximum Gasteiger partial charge on any atom is 0.337 e. The minimum absolute atomic E-state index is 0.0148. The molecule has 25 heavy (non-hydrogen) atoms. The summed E-state index contributed by atoms with van der Waals surface area (Å²) in [4.78, 5) is 26.3. The van der Waals surface area contributed by atoms with Crippen LogP contribution in [-0.4, -0.2) is 52.0 Å². The van der Waals surface area contributed by atoms with E-state index >= 15 is 0 Å². The number of hydrogen-bond donors (Lipinski definition) is 2. The van der Waals surface area contributed by atoms with Gasteiger partial charge in [0.25, 0.3) is 0 Å². The van der Waals surface area contributed by atoms with Crippen molar-refractivity contribution in [2.45, 2.75) is 32.2 Å². The maximum absolute atomic E-state index is 12.3. The fourth-order valence-corrected chi connectivity index (χ4v) is 2.86. The monoisotopic (exact) mass is 349 g/mol. The number of urea groups is 1. The Labute approximate surface area is 148 Å². The smallest absolute Gasteiger partial charge is 0.337 e. The molecule has 1 fully saturated rings. The molecule has 1 aromatic rings. The normalized spacial score (nSPS) is 14.9. The standard InChI is InChI=1S/C18H27N3O4/c1-13(8-11-24-2)19-18(23)20-15-12-14(17(22)25-3)6-7-16(15)21-9-4-5-10-21/h6-7,12-13H,4-5,8-11H2,1-3H3,(H2,19,20,23)/t13-/m0/s1. The molecule has 1 aliphatic rings. The highest BCUT2D eigenvalue weighted by atomic mass is 16.5. The Balaban J connectivity index is 2.14. The lowest BCUT2D eigenvalue weighted by Gasteiger charge is -2.23. The Kier molecular flexibility index (Phi) is 7.06. The molecule has 7 heteroatoms. The Morgan fingerprint density at radius 2 is 1.96 bits per heavy atom. The first-order valence-corrected chi connectivity index (χ1v) is 8.59. The number of hydrogen-bond acceptors (Lipinski definition) is 5. The number of benzene rings is 1. The van der Waals surface area contributed by atoms with Gasteiger partial charge in [-0.1, -0.05) is 0 Å². The van der Waals surface area contributed by atoms with Crippen LogP contribution in [0.4, 0.5) is 16.2 Å². The van der Waals surface area contributed by atoms with Crippen molar-refractivity contribution in [3.05, 3.63) is 23.8 Å². The largest absolute Gasteiger partial charge is 0.465 e. The Bertz CT molecular complexity index is 600. The molecular weight excluding hydrogens is 322 g/mol. The van der Waals surface area contributed by atoms with Gasteiger partial charge in [-0.2, -0.15) is 0 Å². The predicted molar refractivity (Wildman–Crippen MR) is 97.3 cm³/mol. The summed E-state index contributed by atoms with van der Waals surface area (Å²) in [5.74, 6) is -0.426. The van der Waals surface area contributed by atoms with Gasteiger partial charge in [-0.15, -0.1) is 0 Å².